The van der Waals surface area contributed by atoms with E-state index in [0.29, 0.717) is 0 Å². The van der Waals surface area contributed by atoms with Crippen LogP contribution in [0.3, 0.4) is 0 Å². The van der Waals surface area contributed by atoms with E-state index in [4.69, 9.17) is 5.73 Å². The average molecular weight is 126 g/mol. The normalized spacial score (nSPS) is 11.3. The zero-order chi connectivity index (χ0) is 7.44. The highest BCUT2D eigenvalue weighted by Gasteiger charge is 1.94. The molecule has 0 aromatic heterocycles. The summed E-state index contributed by atoms with van der Waals surface area (Å²) in [5.41, 5.74) is 8.46. The van der Waals surface area contributed by atoms with Crippen LogP contribution in [0.25, 0.3) is 0 Å². The predicted octanol–water partition coefficient (Wildman–Crippen LogP) is 1.33. The fourth-order valence-electron chi connectivity index (χ4n) is 0.482. The molecule has 0 unspecified atom stereocenters. The molecular formula is C7H14N2. The minimum absolute atomic E-state index is 0.803. The fourth-order valence-corrected chi connectivity index (χ4v) is 0.482. The Morgan fingerprint density at radius 3 is 1.78 bits per heavy atom. The Balaban J connectivity index is 4.40. The molecule has 0 fully saturated rings. The van der Waals surface area contributed by atoms with E-state index in [1.54, 1.807) is 7.05 Å². The van der Waals surface area contributed by atoms with Gasteiger partial charge in [-0.2, -0.15) is 0 Å². The highest BCUT2D eigenvalue weighted by atomic mass is 14.7. The van der Waals surface area contributed by atoms with Crippen LogP contribution < -0.4 is 5.73 Å². The molecule has 0 amide bonds. The molecule has 0 aliphatic carbocycles. The summed E-state index contributed by atoms with van der Waals surface area (Å²) in [6.07, 6.45) is 0. The summed E-state index contributed by atoms with van der Waals surface area (Å²) < 4.78 is 0. The third-order valence-electron chi connectivity index (χ3n) is 1.26. The molecule has 52 valence electrons. The molecule has 2 nitrogen and oxygen atoms in total. The number of aliphatic imine (C=N–C) groups is 1. The van der Waals surface area contributed by atoms with E-state index in [9.17, 15) is 0 Å². The maximum absolute atomic E-state index is 5.62. The lowest BCUT2D eigenvalue weighted by molar-refractivity contribution is 1.25. The summed E-state index contributed by atoms with van der Waals surface area (Å²) in [7, 11) is 1.74. The van der Waals surface area contributed by atoms with E-state index in [-0.39, 0.29) is 0 Å². The summed E-state index contributed by atoms with van der Waals surface area (Å²) in [4.78, 5) is 3.94. The van der Waals surface area contributed by atoms with Gasteiger partial charge in [0.1, 0.15) is 0 Å². The van der Waals surface area contributed by atoms with Gasteiger partial charge in [0.2, 0.25) is 0 Å². The van der Waals surface area contributed by atoms with Crippen molar-refractivity contribution in [3.8, 4) is 0 Å². The molecule has 0 saturated heterocycles. The van der Waals surface area contributed by atoms with E-state index in [0.717, 1.165) is 17.0 Å². The first-order chi connectivity index (χ1) is 4.09. The van der Waals surface area contributed by atoms with Gasteiger partial charge in [-0.05, 0) is 20.8 Å². The van der Waals surface area contributed by atoms with E-state index in [1.165, 1.54) is 0 Å². The van der Waals surface area contributed by atoms with Gasteiger partial charge in [-0.1, -0.05) is 5.57 Å². The molecule has 0 rings (SSSR count). The average Bonchev–Trinajstić information content (AvgIpc) is 1.84. The lowest BCUT2D eigenvalue weighted by atomic mass is 10.2. The van der Waals surface area contributed by atoms with Crippen molar-refractivity contribution in [2.45, 2.75) is 20.8 Å². The first kappa shape index (κ1) is 8.21. The van der Waals surface area contributed by atoms with Gasteiger partial charge in [0.15, 0.2) is 0 Å². The van der Waals surface area contributed by atoms with E-state index < -0.39 is 0 Å². The van der Waals surface area contributed by atoms with Crippen molar-refractivity contribution in [2.24, 2.45) is 10.7 Å². The first-order valence-electron chi connectivity index (χ1n) is 2.96. The van der Waals surface area contributed by atoms with Crippen LogP contribution >= 0.6 is 0 Å². The number of hydrogen-bond acceptors (Lipinski definition) is 2. The molecule has 0 radical (unpaired) electrons. The van der Waals surface area contributed by atoms with Crippen LogP contribution in [0, 0.1) is 0 Å². The highest BCUT2D eigenvalue weighted by Crippen LogP contribution is 1.97. The van der Waals surface area contributed by atoms with Crippen LogP contribution in [0.1, 0.15) is 20.8 Å². The quantitative estimate of drug-likeness (QED) is 0.529. The van der Waals surface area contributed by atoms with Gasteiger partial charge in [0.25, 0.3) is 0 Å². The molecule has 0 aromatic carbocycles. The standard InChI is InChI=1S/C7H14N2/c1-5(2)7(8)6(3)9-4/h8H2,1-4H3. The number of nitrogens with zero attached hydrogens (tertiary/aromatic N) is 1. The molecule has 0 saturated carbocycles. The van der Waals surface area contributed by atoms with Crippen LogP contribution in [-0.2, 0) is 0 Å². The molecule has 2 N–H and O–H groups in total. The summed E-state index contributed by atoms with van der Waals surface area (Å²) in [5, 5.41) is 0. The molecule has 0 aliphatic rings. The van der Waals surface area contributed by atoms with Crippen molar-refractivity contribution in [1.29, 1.82) is 0 Å². The molecule has 0 spiro atoms. The lowest BCUT2D eigenvalue weighted by Gasteiger charge is -2.00. The second-order valence-corrected chi connectivity index (χ2v) is 2.22. The van der Waals surface area contributed by atoms with Gasteiger partial charge >= 0.3 is 0 Å². The SMILES string of the molecule is CN=C(C)C(N)=C(C)C. The van der Waals surface area contributed by atoms with Crippen LogP contribution in [-0.4, -0.2) is 12.8 Å². The molecule has 2 heteroatoms. The van der Waals surface area contributed by atoms with Gasteiger partial charge in [-0.25, -0.2) is 0 Å². The molecule has 0 aromatic rings. The molecule has 0 heterocycles. The summed E-state index contributed by atoms with van der Waals surface area (Å²) in [6.45, 7) is 5.86. The van der Waals surface area contributed by atoms with Crippen molar-refractivity contribution >= 4 is 5.71 Å². The summed E-state index contributed by atoms with van der Waals surface area (Å²) in [5.74, 6) is 0. The highest BCUT2D eigenvalue weighted by molar-refractivity contribution is 5.97. The smallest absolute Gasteiger partial charge is 0.0542 e. The number of rotatable bonds is 1. The zero-order valence-corrected chi connectivity index (χ0v) is 6.52. The fraction of sp³-hybridized carbons (Fsp3) is 0.571. The van der Waals surface area contributed by atoms with Crippen LogP contribution in [0.2, 0.25) is 0 Å². The van der Waals surface area contributed by atoms with Gasteiger partial charge in [-0.3, -0.25) is 4.99 Å². The monoisotopic (exact) mass is 126 g/mol. The van der Waals surface area contributed by atoms with Crippen molar-refractivity contribution in [2.75, 3.05) is 7.05 Å². The zero-order valence-electron chi connectivity index (χ0n) is 6.52. The van der Waals surface area contributed by atoms with Crippen molar-refractivity contribution in [1.82, 2.24) is 0 Å². The molecule has 0 bridgehead atoms. The van der Waals surface area contributed by atoms with Crippen LogP contribution in [0.15, 0.2) is 16.3 Å². The van der Waals surface area contributed by atoms with E-state index >= 15 is 0 Å². The maximum Gasteiger partial charge on any atom is 0.0542 e. The third kappa shape index (κ3) is 2.31. The maximum atomic E-state index is 5.62. The third-order valence-corrected chi connectivity index (χ3v) is 1.26. The molecular weight excluding hydrogens is 112 g/mol. The lowest BCUT2D eigenvalue weighted by Crippen LogP contribution is -2.09. The van der Waals surface area contributed by atoms with E-state index in [1.807, 2.05) is 20.8 Å². The molecule has 9 heavy (non-hydrogen) atoms. The van der Waals surface area contributed by atoms with Gasteiger partial charge in [-0.15, -0.1) is 0 Å². The van der Waals surface area contributed by atoms with Crippen molar-refractivity contribution in [3.63, 3.8) is 0 Å². The van der Waals surface area contributed by atoms with Gasteiger partial charge in [0, 0.05) is 7.05 Å². The van der Waals surface area contributed by atoms with Gasteiger partial charge < -0.3 is 5.73 Å². The van der Waals surface area contributed by atoms with E-state index in [2.05, 4.69) is 4.99 Å². The minimum Gasteiger partial charge on any atom is -0.397 e. The summed E-state index contributed by atoms with van der Waals surface area (Å²) >= 11 is 0. The Morgan fingerprint density at radius 2 is 1.67 bits per heavy atom. The first-order valence-corrected chi connectivity index (χ1v) is 2.96. The second-order valence-electron chi connectivity index (χ2n) is 2.22. The van der Waals surface area contributed by atoms with Crippen LogP contribution in [0.4, 0.5) is 0 Å². The topological polar surface area (TPSA) is 38.4 Å². The van der Waals surface area contributed by atoms with Crippen LogP contribution in [0.5, 0.6) is 0 Å². The second kappa shape index (κ2) is 3.28. The van der Waals surface area contributed by atoms with Crippen molar-refractivity contribution in [3.05, 3.63) is 11.3 Å². The number of allylic oxidation sites excluding steroid dienone is 2. The Morgan fingerprint density at radius 1 is 1.22 bits per heavy atom. The largest absolute Gasteiger partial charge is 0.397 e. The predicted molar refractivity (Wildman–Crippen MR) is 41.6 cm³/mol. The van der Waals surface area contributed by atoms with Crippen molar-refractivity contribution < 1.29 is 0 Å². The Kier molecular flexibility index (Phi) is 2.99. The minimum atomic E-state index is 0.803. The Hall–Kier alpha value is -0.790. The Bertz CT molecular complexity index is 150. The van der Waals surface area contributed by atoms with Gasteiger partial charge in [0.05, 0.1) is 11.4 Å². The Labute approximate surface area is 56.5 Å². The molecule has 0 aliphatic heterocycles. The number of nitrogens with two attached hydrogens (primary N) is 1. The molecule has 0 atom stereocenters. The number of hydrogen-bond donors (Lipinski definition) is 1. The summed E-state index contributed by atoms with van der Waals surface area (Å²) in [6, 6.07) is 0.